The largest absolute Gasteiger partial charge is 0.254 e. The van der Waals surface area contributed by atoms with Crippen molar-refractivity contribution in [2.75, 3.05) is 0 Å². The van der Waals surface area contributed by atoms with Crippen LogP contribution in [0.1, 0.15) is 25.0 Å². The molecule has 0 atom stereocenters. The van der Waals surface area contributed by atoms with E-state index in [2.05, 4.69) is 67.4 Å². The summed E-state index contributed by atoms with van der Waals surface area (Å²) in [7, 11) is 0. The molecule has 0 saturated carbocycles. The number of hydrogen-bond acceptors (Lipinski definition) is 2. The monoisotopic (exact) mass is 312 g/mol. The van der Waals surface area contributed by atoms with Gasteiger partial charge in [-0.1, -0.05) is 56.3 Å². The highest BCUT2D eigenvalue weighted by Gasteiger charge is 2.12. The quantitative estimate of drug-likeness (QED) is 0.462. The van der Waals surface area contributed by atoms with E-state index in [1.54, 1.807) is 0 Å². The van der Waals surface area contributed by atoms with Crippen molar-refractivity contribution in [2.45, 2.75) is 26.7 Å². The second kappa shape index (κ2) is 6.04. The molecule has 0 unspecified atom stereocenters. The predicted molar refractivity (Wildman–Crippen MR) is 101 cm³/mol. The molecule has 2 nitrogen and oxygen atoms in total. The molecule has 2 heteroatoms. The van der Waals surface area contributed by atoms with Crippen LogP contribution >= 0.6 is 0 Å². The Kier molecular flexibility index (Phi) is 3.73. The number of hydrogen-bond donors (Lipinski definition) is 0. The minimum Gasteiger partial charge on any atom is -0.254 e. The van der Waals surface area contributed by atoms with Gasteiger partial charge in [-0.15, -0.1) is 0 Å². The van der Waals surface area contributed by atoms with Crippen molar-refractivity contribution in [1.82, 2.24) is 9.97 Å². The molecule has 118 valence electrons. The maximum Gasteiger partial charge on any atom is 0.0972 e. The van der Waals surface area contributed by atoms with E-state index in [-0.39, 0.29) is 0 Å². The molecule has 0 aliphatic carbocycles. The fourth-order valence-electron chi connectivity index (χ4n) is 3.43. The molecular weight excluding hydrogens is 292 g/mol. The Morgan fingerprint density at radius 3 is 2.08 bits per heavy atom. The van der Waals surface area contributed by atoms with Gasteiger partial charge in [-0.25, -0.2) is 4.98 Å². The molecule has 4 rings (SSSR count). The highest BCUT2D eigenvalue weighted by Crippen LogP contribution is 2.30. The standard InChI is InChI=1S/C22H20N2/c1-3-15-7-5-8-16(4-2)20(15)19-13-12-18-11-10-17-9-6-14-23-21(17)22(18)24-19/h5-14H,3-4H2,1-2H3. The van der Waals surface area contributed by atoms with E-state index in [1.807, 2.05) is 12.3 Å². The minimum absolute atomic E-state index is 0.976. The lowest BCUT2D eigenvalue weighted by molar-refractivity contribution is 1.08. The Morgan fingerprint density at radius 2 is 1.38 bits per heavy atom. The van der Waals surface area contributed by atoms with Crippen molar-refractivity contribution in [3.05, 3.63) is 71.9 Å². The second-order valence-corrected chi connectivity index (χ2v) is 6.07. The number of aryl methyl sites for hydroxylation is 2. The summed E-state index contributed by atoms with van der Waals surface area (Å²) >= 11 is 0. The van der Waals surface area contributed by atoms with Crippen LogP contribution < -0.4 is 0 Å². The Hall–Kier alpha value is -2.74. The van der Waals surface area contributed by atoms with Crippen LogP contribution in [0.25, 0.3) is 33.1 Å². The summed E-state index contributed by atoms with van der Waals surface area (Å²) in [6.45, 7) is 4.41. The van der Waals surface area contributed by atoms with Gasteiger partial charge in [0.25, 0.3) is 0 Å². The highest BCUT2D eigenvalue weighted by molar-refractivity contribution is 6.03. The van der Waals surface area contributed by atoms with Crippen LogP contribution in [0.15, 0.2) is 60.8 Å². The molecule has 0 spiro atoms. The molecule has 0 N–H and O–H groups in total. The average Bonchev–Trinajstić information content (AvgIpc) is 2.66. The van der Waals surface area contributed by atoms with E-state index in [0.29, 0.717) is 0 Å². The van der Waals surface area contributed by atoms with Crippen molar-refractivity contribution in [2.24, 2.45) is 0 Å². The van der Waals surface area contributed by atoms with Gasteiger partial charge in [-0.05, 0) is 36.1 Å². The van der Waals surface area contributed by atoms with Crippen LogP contribution in [0.5, 0.6) is 0 Å². The van der Waals surface area contributed by atoms with Gasteiger partial charge in [0.15, 0.2) is 0 Å². The molecular formula is C22H20N2. The van der Waals surface area contributed by atoms with E-state index >= 15 is 0 Å². The predicted octanol–water partition coefficient (Wildman–Crippen LogP) is 5.57. The third kappa shape index (κ3) is 2.35. The molecule has 4 aromatic rings. The first-order chi connectivity index (χ1) is 11.8. The Morgan fingerprint density at radius 1 is 0.708 bits per heavy atom. The zero-order valence-corrected chi connectivity index (χ0v) is 14.1. The van der Waals surface area contributed by atoms with Crippen molar-refractivity contribution >= 4 is 21.8 Å². The Labute approximate surface area is 142 Å². The zero-order chi connectivity index (χ0) is 16.5. The molecule has 0 bridgehead atoms. The number of nitrogens with zero attached hydrogens (tertiary/aromatic N) is 2. The van der Waals surface area contributed by atoms with Crippen LogP contribution in [0.2, 0.25) is 0 Å². The van der Waals surface area contributed by atoms with Gasteiger partial charge in [0.2, 0.25) is 0 Å². The fourth-order valence-corrected chi connectivity index (χ4v) is 3.43. The molecule has 2 aromatic carbocycles. The molecule has 0 fully saturated rings. The van der Waals surface area contributed by atoms with Gasteiger partial charge in [0.1, 0.15) is 0 Å². The van der Waals surface area contributed by atoms with E-state index in [4.69, 9.17) is 4.98 Å². The lowest BCUT2D eigenvalue weighted by atomic mass is 9.94. The van der Waals surface area contributed by atoms with Crippen molar-refractivity contribution in [3.8, 4) is 11.3 Å². The van der Waals surface area contributed by atoms with Crippen LogP contribution in [0.3, 0.4) is 0 Å². The van der Waals surface area contributed by atoms with Crippen molar-refractivity contribution in [1.29, 1.82) is 0 Å². The van der Waals surface area contributed by atoms with E-state index in [9.17, 15) is 0 Å². The van der Waals surface area contributed by atoms with Crippen molar-refractivity contribution in [3.63, 3.8) is 0 Å². The SMILES string of the molecule is CCc1cccc(CC)c1-c1ccc2ccc3cccnc3c2n1. The van der Waals surface area contributed by atoms with E-state index in [1.165, 1.54) is 16.7 Å². The molecule has 0 amide bonds. The smallest absolute Gasteiger partial charge is 0.0972 e. The van der Waals surface area contributed by atoms with Crippen LogP contribution in [0.4, 0.5) is 0 Å². The summed E-state index contributed by atoms with van der Waals surface area (Å²) in [5.74, 6) is 0. The first kappa shape index (κ1) is 14.8. The third-order valence-corrected chi connectivity index (χ3v) is 4.69. The van der Waals surface area contributed by atoms with Crippen LogP contribution in [-0.4, -0.2) is 9.97 Å². The minimum atomic E-state index is 0.976. The third-order valence-electron chi connectivity index (χ3n) is 4.69. The molecule has 24 heavy (non-hydrogen) atoms. The molecule has 0 saturated heterocycles. The van der Waals surface area contributed by atoms with Gasteiger partial charge in [0.05, 0.1) is 16.7 Å². The topological polar surface area (TPSA) is 25.8 Å². The number of benzene rings is 2. The highest BCUT2D eigenvalue weighted by atomic mass is 14.8. The fraction of sp³-hybridized carbons (Fsp3) is 0.182. The van der Waals surface area contributed by atoms with Gasteiger partial charge in [-0.2, -0.15) is 0 Å². The van der Waals surface area contributed by atoms with Crippen LogP contribution in [0, 0.1) is 0 Å². The molecule has 0 aliphatic rings. The molecule has 0 aliphatic heterocycles. The first-order valence-corrected chi connectivity index (χ1v) is 8.57. The zero-order valence-electron chi connectivity index (χ0n) is 14.1. The first-order valence-electron chi connectivity index (χ1n) is 8.57. The van der Waals surface area contributed by atoms with E-state index < -0.39 is 0 Å². The maximum absolute atomic E-state index is 5.03. The number of fused-ring (bicyclic) bond motifs is 3. The van der Waals surface area contributed by atoms with Crippen molar-refractivity contribution < 1.29 is 0 Å². The molecule has 2 aromatic heterocycles. The van der Waals surface area contributed by atoms with Gasteiger partial charge < -0.3 is 0 Å². The maximum atomic E-state index is 5.03. The lowest BCUT2D eigenvalue weighted by Gasteiger charge is -2.13. The summed E-state index contributed by atoms with van der Waals surface area (Å²) in [6.07, 6.45) is 3.86. The summed E-state index contributed by atoms with van der Waals surface area (Å²) < 4.78 is 0. The lowest BCUT2D eigenvalue weighted by Crippen LogP contribution is -1.97. The number of aromatic nitrogens is 2. The molecule has 0 radical (unpaired) electrons. The summed E-state index contributed by atoms with van der Waals surface area (Å²) in [5, 5.41) is 2.27. The summed E-state index contributed by atoms with van der Waals surface area (Å²) in [6, 6.07) is 19.2. The second-order valence-electron chi connectivity index (χ2n) is 6.07. The molecule has 2 heterocycles. The van der Waals surface area contributed by atoms with Gasteiger partial charge >= 0.3 is 0 Å². The number of rotatable bonds is 3. The van der Waals surface area contributed by atoms with Gasteiger partial charge in [0, 0.05) is 22.5 Å². The average molecular weight is 312 g/mol. The van der Waals surface area contributed by atoms with Crippen LogP contribution in [-0.2, 0) is 12.8 Å². The van der Waals surface area contributed by atoms with Gasteiger partial charge in [-0.3, -0.25) is 4.98 Å². The Balaban J connectivity index is 2.04. The number of pyridine rings is 2. The Bertz CT molecular complexity index is 1010. The summed E-state index contributed by atoms with van der Waals surface area (Å²) in [5.41, 5.74) is 7.01. The summed E-state index contributed by atoms with van der Waals surface area (Å²) in [4.78, 5) is 9.60. The van der Waals surface area contributed by atoms with E-state index in [0.717, 1.165) is 40.3 Å². The normalized spacial score (nSPS) is 11.2.